The summed E-state index contributed by atoms with van der Waals surface area (Å²) in [7, 11) is 0. The quantitative estimate of drug-likeness (QED) is 0.144. The van der Waals surface area contributed by atoms with Crippen molar-refractivity contribution in [3.05, 3.63) is 136 Å². The lowest BCUT2D eigenvalue weighted by molar-refractivity contribution is -0.146. The van der Waals surface area contributed by atoms with Crippen LogP contribution in [0.25, 0.3) is 6.08 Å². The molecule has 0 radical (unpaired) electrons. The van der Waals surface area contributed by atoms with Crippen LogP contribution in [0.1, 0.15) is 35.1 Å². The smallest absolute Gasteiger partial charge is 0.327 e. The second-order valence-corrected chi connectivity index (χ2v) is 11.5. The van der Waals surface area contributed by atoms with Gasteiger partial charge in [-0.1, -0.05) is 122 Å². The van der Waals surface area contributed by atoms with Crippen LogP contribution < -0.4 is 9.47 Å². The average Bonchev–Trinajstić information content (AvgIpc) is 3.29. The van der Waals surface area contributed by atoms with Crippen LogP contribution in [0, 0.1) is 0 Å². The molecule has 4 aromatic rings. The van der Waals surface area contributed by atoms with E-state index >= 15 is 0 Å². The van der Waals surface area contributed by atoms with Gasteiger partial charge in [-0.25, -0.2) is 4.79 Å². The maximum Gasteiger partial charge on any atom is 0.327 e. The first-order valence-corrected chi connectivity index (χ1v) is 14.7. The van der Waals surface area contributed by atoms with Crippen molar-refractivity contribution in [1.82, 2.24) is 4.90 Å². The third kappa shape index (κ3) is 6.90. The number of carbonyl (C=O) groups excluding carboxylic acids is 1. The Morgan fingerprint density at radius 1 is 0.881 bits per heavy atom. The van der Waals surface area contributed by atoms with Crippen molar-refractivity contribution in [2.75, 3.05) is 0 Å². The van der Waals surface area contributed by atoms with Gasteiger partial charge >= 0.3 is 5.97 Å². The molecule has 0 aromatic heterocycles. The summed E-state index contributed by atoms with van der Waals surface area (Å²) in [5.41, 5.74) is 3.49. The molecule has 1 heterocycles. The first kappa shape index (κ1) is 29.1. The van der Waals surface area contributed by atoms with Gasteiger partial charge in [0, 0.05) is 17.5 Å². The number of ether oxygens (including phenoxy) is 2. The Bertz CT molecular complexity index is 1590. The van der Waals surface area contributed by atoms with Gasteiger partial charge in [0.15, 0.2) is 0 Å². The number of nitrogens with zero attached hydrogens (tertiary/aromatic N) is 1. The summed E-state index contributed by atoms with van der Waals surface area (Å²) < 4.78 is 12.4. The minimum absolute atomic E-state index is 0.205. The molecule has 1 aliphatic heterocycles. The minimum atomic E-state index is -1.15. The standard InChI is InChI=1S/C34H29NO5S2/c1-23(26-15-9-4-10-16-26)31(33(37)38)35-32(36)30(42-34(35)41)19-27-17-18-28(39-21-24-11-5-2-6-12-24)20-29(27)40-22-25-13-7-3-8-14-25/h2-20,23,31H,21-22H2,1H3,(H,37,38). The molecule has 6 nitrogen and oxygen atoms in total. The number of thioether (sulfide) groups is 1. The lowest BCUT2D eigenvalue weighted by Crippen LogP contribution is -2.46. The van der Waals surface area contributed by atoms with Gasteiger partial charge in [0.1, 0.15) is 35.1 Å². The monoisotopic (exact) mass is 595 g/mol. The van der Waals surface area contributed by atoms with E-state index in [1.54, 1.807) is 19.1 Å². The van der Waals surface area contributed by atoms with Gasteiger partial charge < -0.3 is 14.6 Å². The van der Waals surface area contributed by atoms with Gasteiger partial charge in [-0.15, -0.1) is 0 Å². The summed E-state index contributed by atoms with van der Waals surface area (Å²) >= 11 is 6.63. The van der Waals surface area contributed by atoms with Crippen molar-refractivity contribution >= 4 is 46.3 Å². The first-order chi connectivity index (χ1) is 20.4. The van der Waals surface area contributed by atoms with Crippen LogP contribution in [-0.4, -0.2) is 32.2 Å². The highest BCUT2D eigenvalue weighted by atomic mass is 32.2. The summed E-state index contributed by atoms with van der Waals surface area (Å²) in [4.78, 5) is 27.6. The van der Waals surface area contributed by atoms with E-state index in [-0.39, 0.29) is 4.32 Å². The number of carboxylic acid groups (broad SMARTS) is 1. The number of amides is 1. The van der Waals surface area contributed by atoms with E-state index in [0.29, 0.717) is 35.2 Å². The molecule has 4 aromatic carbocycles. The molecule has 0 saturated carbocycles. The average molecular weight is 596 g/mol. The van der Waals surface area contributed by atoms with Crippen molar-refractivity contribution in [2.45, 2.75) is 32.1 Å². The van der Waals surface area contributed by atoms with Crippen LogP contribution in [0.4, 0.5) is 0 Å². The van der Waals surface area contributed by atoms with Crippen LogP contribution >= 0.6 is 24.0 Å². The van der Waals surface area contributed by atoms with E-state index < -0.39 is 23.8 Å². The highest BCUT2D eigenvalue weighted by Crippen LogP contribution is 2.39. The van der Waals surface area contributed by atoms with Crippen LogP contribution in [0.5, 0.6) is 11.5 Å². The zero-order chi connectivity index (χ0) is 29.5. The Balaban J connectivity index is 1.42. The summed E-state index contributed by atoms with van der Waals surface area (Å²) in [6.45, 7) is 2.51. The fourth-order valence-electron chi connectivity index (χ4n) is 4.67. The van der Waals surface area contributed by atoms with Crippen molar-refractivity contribution in [3.8, 4) is 11.5 Å². The van der Waals surface area contributed by atoms with Crippen molar-refractivity contribution in [2.24, 2.45) is 0 Å². The second kappa shape index (κ2) is 13.5. The zero-order valence-electron chi connectivity index (χ0n) is 22.9. The summed E-state index contributed by atoms with van der Waals surface area (Å²) in [6, 6.07) is 33.2. The number of aliphatic carboxylic acids is 1. The molecule has 42 heavy (non-hydrogen) atoms. The topological polar surface area (TPSA) is 76.1 Å². The normalized spacial score (nSPS) is 15.5. The van der Waals surface area contributed by atoms with E-state index in [0.717, 1.165) is 28.5 Å². The molecule has 8 heteroatoms. The zero-order valence-corrected chi connectivity index (χ0v) is 24.5. The maximum absolute atomic E-state index is 13.6. The Morgan fingerprint density at radius 3 is 2.05 bits per heavy atom. The van der Waals surface area contributed by atoms with Gasteiger partial charge in [0.05, 0.1) is 4.91 Å². The van der Waals surface area contributed by atoms with E-state index in [9.17, 15) is 14.7 Å². The summed E-state index contributed by atoms with van der Waals surface area (Å²) in [5, 5.41) is 10.1. The maximum atomic E-state index is 13.6. The number of rotatable bonds is 11. The molecule has 0 aliphatic carbocycles. The van der Waals surface area contributed by atoms with Gasteiger partial charge in [0.2, 0.25) is 0 Å². The summed E-state index contributed by atoms with van der Waals surface area (Å²) in [5.74, 6) is -0.887. The number of thiocarbonyl (C=S) groups is 1. The number of carbonyl (C=O) groups is 2. The molecule has 5 rings (SSSR count). The number of hydrogen-bond acceptors (Lipinski definition) is 6. The number of benzene rings is 4. The van der Waals surface area contributed by atoms with Crippen LogP contribution in [-0.2, 0) is 22.8 Å². The Morgan fingerprint density at radius 2 is 1.45 bits per heavy atom. The Hall–Kier alpha value is -4.40. The third-order valence-electron chi connectivity index (χ3n) is 6.91. The van der Waals surface area contributed by atoms with Gasteiger partial charge in [0.25, 0.3) is 5.91 Å². The van der Waals surface area contributed by atoms with Gasteiger partial charge in [-0.2, -0.15) is 0 Å². The minimum Gasteiger partial charge on any atom is -0.489 e. The predicted molar refractivity (Wildman–Crippen MR) is 169 cm³/mol. The molecule has 1 N–H and O–H groups in total. The molecule has 2 unspecified atom stereocenters. The van der Waals surface area contributed by atoms with E-state index in [4.69, 9.17) is 21.7 Å². The van der Waals surface area contributed by atoms with Gasteiger partial charge in [-0.3, -0.25) is 9.69 Å². The lowest BCUT2D eigenvalue weighted by atomic mass is 9.92. The van der Waals surface area contributed by atoms with E-state index in [1.165, 1.54) is 4.90 Å². The fraction of sp³-hybridized carbons (Fsp3) is 0.147. The third-order valence-corrected chi connectivity index (χ3v) is 8.24. The lowest BCUT2D eigenvalue weighted by Gasteiger charge is -2.28. The van der Waals surface area contributed by atoms with Crippen LogP contribution in [0.15, 0.2) is 114 Å². The molecule has 1 fully saturated rings. The molecule has 212 valence electrons. The Labute approximate surface area is 254 Å². The van der Waals surface area contributed by atoms with E-state index in [2.05, 4.69) is 0 Å². The fourth-order valence-corrected chi connectivity index (χ4v) is 5.99. The van der Waals surface area contributed by atoms with Crippen LogP contribution in [0.2, 0.25) is 0 Å². The van der Waals surface area contributed by atoms with E-state index in [1.807, 2.05) is 103 Å². The summed E-state index contributed by atoms with van der Waals surface area (Å²) in [6.07, 6.45) is 1.70. The molecular weight excluding hydrogens is 567 g/mol. The SMILES string of the molecule is CC(c1ccccc1)C(C(=O)O)N1C(=O)C(=Cc2ccc(OCc3ccccc3)cc2OCc2ccccc2)SC1=S. The largest absolute Gasteiger partial charge is 0.489 e. The van der Waals surface area contributed by atoms with Gasteiger partial charge in [-0.05, 0) is 34.9 Å². The predicted octanol–water partition coefficient (Wildman–Crippen LogP) is 7.30. The van der Waals surface area contributed by atoms with Crippen molar-refractivity contribution in [1.29, 1.82) is 0 Å². The Kier molecular flexibility index (Phi) is 9.36. The van der Waals surface area contributed by atoms with Crippen LogP contribution in [0.3, 0.4) is 0 Å². The van der Waals surface area contributed by atoms with Crippen molar-refractivity contribution < 1.29 is 24.2 Å². The van der Waals surface area contributed by atoms with Crippen molar-refractivity contribution in [3.63, 3.8) is 0 Å². The number of hydrogen-bond donors (Lipinski definition) is 1. The molecule has 1 saturated heterocycles. The number of carboxylic acids is 1. The molecular formula is C34H29NO5S2. The highest BCUT2D eigenvalue weighted by Gasteiger charge is 2.43. The molecule has 2 atom stereocenters. The molecule has 1 aliphatic rings. The second-order valence-electron chi connectivity index (χ2n) is 9.78. The molecule has 0 spiro atoms. The highest BCUT2D eigenvalue weighted by molar-refractivity contribution is 8.26. The molecule has 1 amide bonds. The molecule has 0 bridgehead atoms. The first-order valence-electron chi connectivity index (χ1n) is 13.4.